The van der Waals surface area contributed by atoms with Crippen molar-refractivity contribution in [1.82, 2.24) is 0 Å². The molecule has 0 aromatic rings. The van der Waals surface area contributed by atoms with Gasteiger partial charge in [0.05, 0.1) is 0 Å². The zero-order chi connectivity index (χ0) is 18.8. The van der Waals surface area contributed by atoms with Crippen molar-refractivity contribution >= 4 is 17.9 Å². The maximum Gasteiger partial charge on any atom is 0.313 e. The Balaban J connectivity index is 3.11. The van der Waals surface area contributed by atoms with E-state index in [0.717, 1.165) is 38.5 Å². The highest BCUT2D eigenvalue weighted by Crippen LogP contribution is 2.13. The SMILES string of the molecule is CC(=O)OC(=O)CCCCCCCCCCCCCCCCC(=O)O. The second-order valence-corrected chi connectivity index (χ2v) is 6.81. The van der Waals surface area contributed by atoms with Crippen LogP contribution in [0.4, 0.5) is 0 Å². The van der Waals surface area contributed by atoms with Crippen molar-refractivity contribution in [1.29, 1.82) is 0 Å². The molecule has 5 heteroatoms. The monoisotopic (exact) mass is 356 g/mol. The molecule has 0 bridgehead atoms. The average molecular weight is 357 g/mol. The molecule has 0 spiro atoms. The largest absolute Gasteiger partial charge is 0.481 e. The lowest BCUT2D eigenvalue weighted by Gasteiger charge is -2.03. The number of carboxylic acids is 1. The highest BCUT2D eigenvalue weighted by Gasteiger charge is 2.04. The lowest BCUT2D eigenvalue weighted by atomic mass is 10.0. The van der Waals surface area contributed by atoms with Gasteiger partial charge < -0.3 is 9.84 Å². The van der Waals surface area contributed by atoms with Gasteiger partial charge >= 0.3 is 17.9 Å². The van der Waals surface area contributed by atoms with Gasteiger partial charge in [0.15, 0.2) is 0 Å². The van der Waals surface area contributed by atoms with Crippen LogP contribution in [0.5, 0.6) is 0 Å². The van der Waals surface area contributed by atoms with Crippen LogP contribution in [-0.2, 0) is 19.1 Å². The van der Waals surface area contributed by atoms with E-state index in [4.69, 9.17) is 5.11 Å². The Hall–Kier alpha value is -1.39. The Morgan fingerprint density at radius 3 is 1.24 bits per heavy atom. The summed E-state index contributed by atoms with van der Waals surface area (Å²) < 4.78 is 4.48. The van der Waals surface area contributed by atoms with Crippen LogP contribution in [0, 0.1) is 0 Å². The summed E-state index contributed by atoms with van der Waals surface area (Å²) in [5, 5.41) is 8.54. The van der Waals surface area contributed by atoms with Gasteiger partial charge in [0.1, 0.15) is 0 Å². The summed E-state index contributed by atoms with van der Waals surface area (Å²) in [5.41, 5.74) is 0. The highest BCUT2D eigenvalue weighted by atomic mass is 16.6. The fraction of sp³-hybridized carbons (Fsp3) is 0.850. The van der Waals surface area contributed by atoms with Crippen molar-refractivity contribution in [2.75, 3.05) is 0 Å². The Bertz CT molecular complexity index is 365. The van der Waals surface area contributed by atoms with Crippen molar-refractivity contribution in [2.24, 2.45) is 0 Å². The number of carboxylic acid groups (broad SMARTS) is 1. The Labute approximate surface area is 152 Å². The summed E-state index contributed by atoms with van der Waals surface area (Å²) in [6.07, 6.45) is 16.8. The van der Waals surface area contributed by atoms with Gasteiger partial charge in [0.25, 0.3) is 0 Å². The molecule has 0 aromatic carbocycles. The van der Waals surface area contributed by atoms with Gasteiger partial charge in [-0.2, -0.15) is 0 Å². The van der Waals surface area contributed by atoms with Gasteiger partial charge in [-0.15, -0.1) is 0 Å². The number of hydrogen-bond acceptors (Lipinski definition) is 4. The Morgan fingerprint density at radius 1 is 0.600 bits per heavy atom. The molecule has 0 aromatic heterocycles. The Kier molecular flexibility index (Phi) is 16.5. The quantitative estimate of drug-likeness (QED) is 0.214. The number of carbonyl (C=O) groups excluding carboxylic acids is 2. The summed E-state index contributed by atoms with van der Waals surface area (Å²) in [7, 11) is 0. The van der Waals surface area contributed by atoms with Crippen molar-refractivity contribution in [3.05, 3.63) is 0 Å². The number of esters is 2. The van der Waals surface area contributed by atoms with Crippen molar-refractivity contribution in [3.63, 3.8) is 0 Å². The number of unbranched alkanes of at least 4 members (excludes halogenated alkanes) is 13. The minimum Gasteiger partial charge on any atom is -0.481 e. The van der Waals surface area contributed by atoms with Crippen LogP contribution >= 0.6 is 0 Å². The van der Waals surface area contributed by atoms with E-state index in [1.54, 1.807) is 0 Å². The first-order valence-electron chi connectivity index (χ1n) is 9.95. The van der Waals surface area contributed by atoms with Gasteiger partial charge in [-0.3, -0.25) is 14.4 Å². The lowest BCUT2D eigenvalue weighted by Crippen LogP contribution is -2.08. The maximum absolute atomic E-state index is 11.1. The predicted octanol–water partition coefficient (Wildman–Crippen LogP) is 5.40. The topological polar surface area (TPSA) is 80.7 Å². The molecule has 0 aliphatic rings. The van der Waals surface area contributed by atoms with E-state index in [1.807, 2.05) is 0 Å². The molecule has 0 heterocycles. The van der Waals surface area contributed by atoms with Crippen LogP contribution in [0.2, 0.25) is 0 Å². The van der Waals surface area contributed by atoms with Crippen molar-refractivity contribution in [2.45, 2.75) is 110 Å². The third kappa shape index (κ3) is 20.6. The first kappa shape index (κ1) is 23.6. The standard InChI is InChI=1S/C20H36O5/c1-18(21)25-20(24)17-15-13-11-9-7-5-3-2-4-6-8-10-12-14-16-19(22)23/h2-17H2,1H3,(H,22,23). The molecule has 5 nitrogen and oxygen atoms in total. The zero-order valence-corrected chi connectivity index (χ0v) is 15.9. The molecule has 0 atom stereocenters. The van der Waals surface area contributed by atoms with Gasteiger partial charge in [-0.25, -0.2) is 0 Å². The summed E-state index contributed by atoms with van der Waals surface area (Å²) >= 11 is 0. The van der Waals surface area contributed by atoms with E-state index in [0.29, 0.717) is 12.8 Å². The van der Waals surface area contributed by atoms with Crippen LogP contribution in [0.15, 0.2) is 0 Å². The minimum absolute atomic E-state index is 0.308. The first-order valence-corrected chi connectivity index (χ1v) is 9.95. The minimum atomic E-state index is -0.685. The third-order valence-electron chi connectivity index (χ3n) is 4.28. The zero-order valence-electron chi connectivity index (χ0n) is 15.9. The molecular weight excluding hydrogens is 320 g/mol. The summed E-state index contributed by atoms with van der Waals surface area (Å²) in [6, 6.07) is 0. The van der Waals surface area contributed by atoms with Crippen LogP contribution in [0.25, 0.3) is 0 Å². The van der Waals surface area contributed by atoms with Gasteiger partial charge in [-0.1, -0.05) is 77.0 Å². The molecule has 146 valence electrons. The van der Waals surface area contributed by atoms with E-state index in [1.165, 1.54) is 58.3 Å². The van der Waals surface area contributed by atoms with Crippen molar-refractivity contribution < 1.29 is 24.2 Å². The molecule has 0 radical (unpaired) electrons. The maximum atomic E-state index is 11.1. The van der Waals surface area contributed by atoms with Crippen LogP contribution in [0.1, 0.15) is 110 Å². The summed E-state index contributed by atoms with van der Waals surface area (Å²) in [4.78, 5) is 32.1. The van der Waals surface area contributed by atoms with Crippen LogP contribution in [-0.4, -0.2) is 23.0 Å². The number of rotatable bonds is 17. The van der Waals surface area contributed by atoms with E-state index in [2.05, 4.69) is 4.74 Å². The molecule has 0 fully saturated rings. The fourth-order valence-corrected chi connectivity index (χ4v) is 2.88. The smallest absolute Gasteiger partial charge is 0.313 e. The van der Waals surface area contributed by atoms with E-state index >= 15 is 0 Å². The molecule has 25 heavy (non-hydrogen) atoms. The Morgan fingerprint density at radius 2 is 0.920 bits per heavy atom. The molecule has 0 aliphatic heterocycles. The van der Waals surface area contributed by atoms with Gasteiger partial charge in [-0.05, 0) is 12.8 Å². The molecule has 0 unspecified atom stereocenters. The molecule has 0 amide bonds. The van der Waals surface area contributed by atoms with Gasteiger partial charge in [0.2, 0.25) is 0 Å². The molecule has 0 aliphatic carbocycles. The van der Waals surface area contributed by atoms with E-state index in [9.17, 15) is 14.4 Å². The number of hydrogen-bond donors (Lipinski definition) is 1. The van der Waals surface area contributed by atoms with E-state index < -0.39 is 17.9 Å². The predicted molar refractivity (Wildman–Crippen MR) is 98.3 cm³/mol. The second kappa shape index (κ2) is 17.4. The highest BCUT2D eigenvalue weighted by molar-refractivity contribution is 5.83. The van der Waals surface area contributed by atoms with Crippen LogP contribution in [0.3, 0.4) is 0 Å². The number of aliphatic carboxylic acids is 1. The molecule has 0 saturated heterocycles. The third-order valence-corrected chi connectivity index (χ3v) is 4.28. The lowest BCUT2D eigenvalue weighted by molar-refractivity contribution is -0.158. The first-order chi connectivity index (χ1) is 12.0. The van der Waals surface area contributed by atoms with Gasteiger partial charge in [0, 0.05) is 19.8 Å². The van der Waals surface area contributed by atoms with Crippen molar-refractivity contribution in [3.8, 4) is 0 Å². The summed E-state index contributed by atoms with van der Waals surface area (Å²) in [5.74, 6) is -1.62. The second-order valence-electron chi connectivity index (χ2n) is 6.81. The molecular formula is C20H36O5. The molecule has 0 rings (SSSR count). The summed E-state index contributed by atoms with van der Waals surface area (Å²) in [6.45, 7) is 1.25. The molecule has 1 N–H and O–H groups in total. The average Bonchev–Trinajstić information content (AvgIpc) is 2.53. The normalized spacial score (nSPS) is 10.6. The molecule has 0 saturated carbocycles. The van der Waals surface area contributed by atoms with Crippen LogP contribution < -0.4 is 0 Å². The fourth-order valence-electron chi connectivity index (χ4n) is 2.88. The number of carbonyl (C=O) groups is 3. The van der Waals surface area contributed by atoms with E-state index in [-0.39, 0.29) is 0 Å². The number of ether oxygens (including phenoxy) is 1.